The van der Waals surface area contributed by atoms with Gasteiger partial charge in [0.1, 0.15) is 5.82 Å². The first-order valence-electron chi connectivity index (χ1n) is 7.50. The van der Waals surface area contributed by atoms with Gasteiger partial charge in [-0.15, -0.1) is 0 Å². The lowest BCUT2D eigenvalue weighted by Crippen LogP contribution is -2.52. The summed E-state index contributed by atoms with van der Waals surface area (Å²) >= 11 is 5.88. The van der Waals surface area contributed by atoms with Crippen LogP contribution in [0.25, 0.3) is 0 Å². The van der Waals surface area contributed by atoms with Crippen LogP contribution in [-0.2, 0) is 0 Å². The van der Waals surface area contributed by atoms with Crippen molar-refractivity contribution in [3.8, 4) is 0 Å². The van der Waals surface area contributed by atoms with Crippen LogP contribution < -0.4 is 5.32 Å². The van der Waals surface area contributed by atoms with E-state index in [1.165, 1.54) is 24.6 Å². The first kappa shape index (κ1) is 14.8. The molecule has 2 bridgehead atoms. The Bertz CT molecular complexity index is 596. The quantitative estimate of drug-likeness (QED) is 0.860. The van der Waals surface area contributed by atoms with Gasteiger partial charge in [-0.05, 0) is 54.2 Å². The van der Waals surface area contributed by atoms with Crippen molar-refractivity contribution in [2.45, 2.75) is 46.1 Å². The maximum atomic E-state index is 13.9. The first-order valence-corrected chi connectivity index (χ1v) is 7.88. The van der Waals surface area contributed by atoms with Crippen LogP contribution in [0.4, 0.5) is 4.39 Å². The average molecular weight is 310 g/mol. The zero-order valence-corrected chi connectivity index (χ0v) is 13.4. The smallest absolute Gasteiger partial charge is 0.254 e. The average Bonchev–Trinajstić information content (AvgIpc) is 2.88. The van der Waals surface area contributed by atoms with Crippen molar-refractivity contribution >= 4 is 17.5 Å². The molecular formula is C17H21ClFNO. The lowest BCUT2D eigenvalue weighted by Gasteiger charge is -2.43. The highest BCUT2D eigenvalue weighted by atomic mass is 35.5. The third-order valence-electron chi connectivity index (χ3n) is 5.72. The van der Waals surface area contributed by atoms with Crippen LogP contribution in [0.5, 0.6) is 0 Å². The van der Waals surface area contributed by atoms with E-state index < -0.39 is 5.82 Å². The van der Waals surface area contributed by atoms with Crippen LogP contribution in [0.1, 0.15) is 50.4 Å². The molecule has 2 aliphatic rings. The number of carbonyl (C=O) groups is 1. The molecule has 0 aromatic heterocycles. The van der Waals surface area contributed by atoms with E-state index in [-0.39, 0.29) is 28.3 Å². The maximum Gasteiger partial charge on any atom is 0.254 e. The Morgan fingerprint density at radius 2 is 2.10 bits per heavy atom. The molecule has 0 aliphatic heterocycles. The van der Waals surface area contributed by atoms with Crippen LogP contribution >= 0.6 is 11.6 Å². The molecule has 2 aliphatic carbocycles. The summed E-state index contributed by atoms with van der Waals surface area (Å²) < 4.78 is 13.9. The van der Waals surface area contributed by atoms with Gasteiger partial charge in [0.05, 0.1) is 5.56 Å². The Hall–Kier alpha value is -1.09. The van der Waals surface area contributed by atoms with Gasteiger partial charge < -0.3 is 5.32 Å². The van der Waals surface area contributed by atoms with Crippen molar-refractivity contribution in [2.75, 3.05) is 0 Å². The number of hydrogen-bond donors (Lipinski definition) is 1. The van der Waals surface area contributed by atoms with Crippen LogP contribution in [0.3, 0.4) is 0 Å². The second-order valence-electron chi connectivity index (χ2n) is 7.45. The Kier molecular flexibility index (Phi) is 3.32. The topological polar surface area (TPSA) is 29.1 Å². The molecule has 1 amide bonds. The Morgan fingerprint density at radius 1 is 1.38 bits per heavy atom. The summed E-state index contributed by atoms with van der Waals surface area (Å²) in [4.78, 5) is 12.5. The van der Waals surface area contributed by atoms with E-state index in [0.717, 1.165) is 12.8 Å². The number of nitrogens with one attached hydrogen (secondary N) is 1. The molecule has 3 atom stereocenters. The third-order valence-corrected chi connectivity index (χ3v) is 5.95. The molecular weight excluding hydrogens is 289 g/mol. The lowest BCUT2D eigenvalue weighted by molar-refractivity contribution is 0.0734. The highest BCUT2D eigenvalue weighted by Crippen LogP contribution is 2.62. The van der Waals surface area contributed by atoms with Gasteiger partial charge in [0.2, 0.25) is 0 Å². The van der Waals surface area contributed by atoms with Crippen molar-refractivity contribution in [1.82, 2.24) is 5.32 Å². The highest BCUT2D eigenvalue weighted by molar-refractivity contribution is 6.31. The summed E-state index contributed by atoms with van der Waals surface area (Å²) in [6.45, 7) is 6.66. The number of rotatable bonds is 2. The van der Waals surface area contributed by atoms with Crippen molar-refractivity contribution in [3.63, 3.8) is 0 Å². The lowest BCUT2D eigenvalue weighted by atomic mass is 9.68. The van der Waals surface area contributed by atoms with Gasteiger partial charge in [-0.1, -0.05) is 32.4 Å². The summed E-state index contributed by atoms with van der Waals surface area (Å²) in [5.41, 5.74) is 0.209. The van der Waals surface area contributed by atoms with Crippen LogP contribution in [0.2, 0.25) is 5.02 Å². The van der Waals surface area contributed by atoms with E-state index in [2.05, 4.69) is 26.1 Å². The molecule has 21 heavy (non-hydrogen) atoms. The standard InChI is InChI=1S/C17H21ClFNO/c1-16(2)10-6-7-17(3,9-10)15(16)20-14(21)12-8-11(18)4-5-13(12)19/h4-5,8,10,15H,6-7,9H2,1-3H3,(H,20,21). The molecule has 1 aromatic rings. The number of carbonyl (C=O) groups excluding carboxylic acids is 1. The summed E-state index contributed by atoms with van der Waals surface area (Å²) in [6, 6.07) is 4.17. The minimum absolute atomic E-state index is 0.0321. The number of halogens is 2. The monoisotopic (exact) mass is 309 g/mol. The minimum atomic E-state index is -0.525. The van der Waals surface area contributed by atoms with Crippen LogP contribution in [-0.4, -0.2) is 11.9 Å². The van der Waals surface area contributed by atoms with Crippen molar-refractivity contribution in [3.05, 3.63) is 34.6 Å². The van der Waals surface area contributed by atoms with Crippen molar-refractivity contribution < 1.29 is 9.18 Å². The molecule has 1 aromatic carbocycles. The van der Waals surface area contributed by atoms with E-state index in [4.69, 9.17) is 11.6 Å². The number of amides is 1. The molecule has 0 radical (unpaired) electrons. The molecule has 1 N–H and O–H groups in total. The Morgan fingerprint density at radius 3 is 2.71 bits per heavy atom. The van der Waals surface area contributed by atoms with Crippen molar-refractivity contribution in [2.24, 2.45) is 16.7 Å². The Balaban J connectivity index is 1.86. The van der Waals surface area contributed by atoms with Gasteiger partial charge in [0.25, 0.3) is 5.91 Å². The number of benzene rings is 1. The van der Waals surface area contributed by atoms with Gasteiger partial charge in [-0.2, -0.15) is 0 Å². The summed E-state index contributed by atoms with van der Waals surface area (Å²) in [5, 5.41) is 3.46. The zero-order chi connectivity index (χ0) is 15.4. The second kappa shape index (κ2) is 4.70. The molecule has 3 rings (SSSR count). The highest BCUT2D eigenvalue weighted by Gasteiger charge is 2.59. The fourth-order valence-corrected chi connectivity index (χ4v) is 4.71. The van der Waals surface area contributed by atoms with Crippen molar-refractivity contribution in [1.29, 1.82) is 0 Å². The first-order chi connectivity index (χ1) is 9.74. The molecule has 2 nitrogen and oxygen atoms in total. The largest absolute Gasteiger partial charge is 0.348 e. The number of hydrogen-bond acceptors (Lipinski definition) is 1. The molecule has 2 saturated carbocycles. The predicted octanol–water partition coefficient (Wildman–Crippen LogP) is 4.42. The van der Waals surface area contributed by atoms with E-state index in [1.807, 2.05) is 0 Å². The van der Waals surface area contributed by atoms with Gasteiger partial charge in [-0.25, -0.2) is 4.39 Å². The third kappa shape index (κ3) is 2.26. The van der Waals surface area contributed by atoms with Crippen LogP contribution in [0, 0.1) is 22.6 Å². The SMILES string of the molecule is CC12CCC(C1)C(C)(C)C2NC(=O)c1cc(Cl)ccc1F. The molecule has 114 valence electrons. The molecule has 4 heteroatoms. The van der Waals surface area contributed by atoms with Gasteiger partial charge in [-0.3, -0.25) is 4.79 Å². The van der Waals surface area contributed by atoms with Gasteiger partial charge in [0, 0.05) is 11.1 Å². The van der Waals surface area contributed by atoms with E-state index in [9.17, 15) is 9.18 Å². The van der Waals surface area contributed by atoms with Gasteiger partial charge in [0.15, 0.2) is 0 Å². The fraction of sp³-hybridized carbons (Fsp3) is 0.588. The van der Waals surface area contributed by atoms with Crippen LogP contribution in [0.15, 0.2) is 18.2 Å². The fourth-order valence-electron chi connectivity index (χ4n) is 4.54. The molecule has 3 unspecified atom stereocenters. The molecule has 0 saturated heterocycles. The number of fused-ring (bicyclic) bond motifs is 2. The maximum absolute atomic E-state index is 13.9. The van der Waals surface area contributed by atoms with E-state index in [0.29, 0.717) is 10.9 Å². The normalized spacial score (nSPS) is 33.2. The minimum Gasteiger partial charge on any atom is -0.348 e. The summed E-state index contributed by atoms with van der Waals surface area (Å²) in [5.74, 6) is -0.248. The molecule has 0 heterocycles. The summed E-state index contributed by atoms with van der Waals surface area (Å²) in [6.07, 6.45) is 3.49. The summed E-state index contributed by atoms with van der Waals surface area (Å²) in [7, 11) is 0. The molecule has 2 fully saturated rings. The Labute approximate surface area is 130 Å². The second-order valence-corrected chi connectivity index (χ2v) is 7.88. The van der Waals surface area contributed by atoms with E-state index >= 15 is 0 Å². The van der Waals surface area contributed by atoms with E-state index in [1.54, 1.807) is 0 Å². The predicted molar refractivity (Wildman–Crippen MR) is 81.9 cm³/mol. The zero-order valence-electron chi connectivity index (χ0n) is 12.7. The molecule has 0 spiro atoms. The van der Waals surface area contributed by atoms with Gasteiger partial charge >= 0.3 is 0 Å².